The maximum absolute atomic E-state index is 13.1. The lowest BCUT2D eigenvalue weighted by Gasteiger charge is -2.37. The quantitative estimate of drug-likeness (QED) is 0.867. The number of hydrogen-bond donors (Lipinski definition) is 1. The molecule has 0 bridgehead atoms. The zero-order valence-electron chi connectivity index (χ0n) is 11.9. The maximum Gasteiger partial charge on any atom is 0.244 e. The third-order valence-electron chi connectivity index (χ3n) is 4.68. The first-order chi connectivity index (χ1) is 10.0. The number of sulfonamides is 1. The van der Waals surface area contributed by atoms with Gasteiger partial charge < -0.3 is 5.73 Å². The number of benzene rings is 1. The van der Waals surface area contributed by atoms with Gasteiger partial charge in [0.1, 0.15) is 4.99 Å². The van der Waals surface area contributed by atoms with Gasteiger partial charge in [0, 0.05) is 18.2 Å². The van der Waals surface area contributed by atoms with Crippen LogP contribution in [0.3, 0.4) is 0 Å². The fraction of sp³-hybridized carbons (Fsp3) is 0.533. The molecule has 1 saturated heterocycles. The Kier molecular flexibility index (Phi) is 4.03. The molecule has 1 aliphatic heterocycles. The first-order valence-corrected chi connectivity index (χ1v) is 9.27. The Morgan fingerprint density at radius 1 is 1.19 bits per heavy atom. The Balaban J connectivity index is 2.02. The van der Waals surface area contributed by atoms with Crippen LogP contribution in [0, 0.1) is 5.92 Å². The van der Waals surface area contributed by atoms with E-state index in [-0.39, 0.29) is 15.9 Å². The van der Waals surface area contributed by atoms with E-state index in [1.54, 1.807) is 28.6 Å². The summed E-state index contributed by atoms with van der Waals surface area (Å²) in [6, 6.07) is 6.95. The van der Waals surface area contributed by atoms with Crippen molar-refractivity contribution in [3.05, 3.63) is 29.8 Å². The molecule has 1 saturated carbocycles. The zero-order valence-corrected chi connectivity index (χ0v) is 13.5. The number of nitrogens with zero attached hydrogens (tertiary/aromatic N) is 1. The summed E-state index contributed by atoms with van der Waals surface area (Å²) in [7, 11) is -3.53. The van der Waals surface area contributed by atoms with Crippen molar-refractivity contribution in [2.45, 2.75) is 43.0 Å². The molecule has 0 amide bonds. The summed E-state index contributed by atoms with van der Waals surface area (Å²) < 4.78 is 27.8. The Hall–Kier alpha value is -0.980. The second-order valence-corrected chi connectivity index (χ2v) is 8.18. The van der Waals surface area contributed by atoms with Gasteiger partial charge in [0.25, 0.3) is 0 Å². The van der Waals surface area contributed by atoms with Crippen molar-refractivity contribution in [3.8, 4) is 0 Å². The molecule has 2 N–H and O–H groups in total. The van der Waals surface area contributed by atoms with Gasteiger partial charge in [-0.3, -0.25) is 0 Å². The van der Waals surface area contributed by atoms with Crippen LogP contribution in [-0.2, 0) is 10.0 Å². The molecule has 0 spiro atoms. The Morgan fingerprint density at radius 3 is 2.67 bits per heavy atom. The largest absolute Gasteiger partial charge is 0.389 e. The number of rotatable bonds is 3. The van der Waals surface area contributed by atoms with E-state index in [4.69, 9.17) is 18.0 Å². The standard InChI is InChI=1S/C15H20N2O2S2/c16-15(20)12-7-1-2-9-14(12)21(18,19)17-10-4-6-11-5-3-8-13(11)17/h1-2,7,9,11,13H,3-6,8,10H2,(H2,16,20). The normalized spacial score (nSPS) is 26.5. The van der Waals surface area contributed by atoms with Gasteiger partial charge >= 0.3 is 0 Å². The molecule has 1 heterocycles. The topological polar surface area (TPSA) is 63.4 Å². The molecule has 1 aliphatic carbocycles. The van der Waals surface area contributed by atoms with Crippen LogP contribution in [0.5, 0.6) is 0 Å². The van der Waals surface area contributed by atoms with Crippen LogP contribution in [0.25, 0.3) is 0 Å². The maximum atomic E-state index is 13.1. The monoisotopic (exact) mass is 324 g/mol. The van der Waals surface area contributed by atoms with E-state index < -0.39 is 10.0 Å². The molecule has 2 aliphatic rings. The zero-order chi connectivity index (χ0) is 15.0. The van der Waals surface area contributed by atoms with E-state index in [0.29, 0.717) is 18.0 Å². The van der Waals surface area contributed by atoms with Gasteiger partial charge in [-0.25, -0.2) is 8.42 Å². The first kappa shape index (κ1) is 14.9. The van der Waals surface area contributed by atoms with E-state index in [0.717, 1.165) is 32.1 Å². The van der Waals surface area contributed by atoms with Crippen molar-refractivity contribution in [2.24, 2.45) is 11.7 Å². The third-order valence-corrected chi connectivity index (χ3v) is 6.88. The number of nitrogens with two attached hydrogens (primary N) is 1. The summed E-state index contributed by atoms with van der Waals surface area (Å²) in [5.41, 5.74) is 6.15. The summed E-state index contributed by atoms with van der Waals surface area (Å²) in [5.74, 6) is 0.519. The van der Waals surface area contributed by atoms with E-state index >= 15 is 0 Å². The van der Waals surface area contributed by atoms with Gasteiger partial charge in [0.2, 0.25) is 10.0 Å². The minimum absolute atomic E-state index is 0.133. The first-order valence-electron chi connectivity index (χ1n) is 7.42. The van der Waals surface area contributed by atoms with E-state index in [2.05, 4.69) is 0 Å². The van der Waals surface area contributed by atoms with Crippen molar-refractivity contribution in [1.29, 1.82) is 0 Å². The highest BCUT2D eigenvalue weighted by Crippen LogP contribution is 2.39. The molecule has 0 radical (unpaired) electrons. The summed E-state index contributed by atoms with van der Waals surface area (Å²) >= 11 is 5.01. The molecule has 2 atom stereocenters. The van der Waals surface area contributed by atoms with Gasteiger partial charge in [-0.15, -0.1) is 0 Å². The minimum atomic E-state index is -3.53. The summed E-state index contributed by atoms with van der Waals surface area (Å²) in [4.78, 5) is 0.388. The van der Waals surface area contributed by atoms with Crippen molar-refractivity contribution >= 4 is 27.2 Å². The number of piperidine rings is 1. The summed E-state index contributed by atoms with van der Waals surface area (Å²) in [6.45, 7) is 0.606. The van der Waals surface area contributed by atoms with E-state index in [9.17, 15) is 8.42 Å². The van der Waals surface area contributed by atoms with Crippen molar-refractivity contribution in [1.82, 2.24) is 4.31 Å². The van der Waals surface area contributed by atoms with Gasteiger partial charge in [0.05, 0.1) is 4.90 Å². The van der Waals surface area contributed by atoms with Crippen molar-refractivity contribution in [2.75, 3.05) is 6.54 Å². The molecule has 1 aromatic carbocycles. The lowest BCUT2D eigenvalue weighted by molar-refractivity contribution is 0.202. The molecule has 1 aromatic rings. The molecule has 114 valence electrons. The van der Waals surface area contributed by atoms with Crippen LogP contribution < -0.4 is 5.73 Å². The highest BCUT2D eigenvalue weighted by atomic mass is 32.2. The fourth-order valence-electron chi connectivity index (χ4n) is 3.73. The summed E-state index contributed by atoms with van der Waals surface area (Å²) in [5, 5.41) is 0. The van der Waals surface area contributed by atoms with Crippen LogP contribution in [0.1, 0.15) is 37.7 Å². The molecule has 4 nitrogen and oxygen atoms in total. The van der Waals surface area contributed by atoms with Gasteiger partial charge in [-0.05, 0) is 37.7 Å². The van der Waals surface area contributed by atoms with Crippen LogP contribution in [-0.4, -0.2) is 30.3 Å². The number of hydrogen-bond acceptors (Lipinski definition) is 3. The van der Waals surface area contributed by atoms with Crippen LogP contribution >= 0.6 is 12.2 Å². The highest BCUT2D eigenvalue weighted by molar-refractivity contribution is 7.89. The molecule has 2 fully saturated rings. The predicted octanol–water partition coefficient (Wildman–Crippen LogP) is 2.27. The Morgan fingerprint density at radius 2 is 1.90 bits per heavy atom. The average molecular weight is 324 g/mol. The van der Waals surface area contributed by atoms with Crippen molar-refractivity contribution < 1.29 is 8.42 Å². The molecule has 21 heavy (non-hydrogen) atoms. The number of fused-ring (bicyclic) bond motifs is 1. The fourth-order valence-corrected chi connectivity index (χ4v) is 5.93. The highest BCUT2D eigenvalue weighted by Gasteiger charge is 2.41. The Labute approximate surface area is 131 Å². The lowest BCUT2D eigenvalue weighted by atomic mass is 9.94. The van der Waals surface area contributed by atoms with Gasteiger partial charge in [-0.2, -0.15) is 4.31 Å². The molecule has 3 rings (SSSR count). The van der Waals surface area contributed by atoms with E-state index in [1.165, 1.54) is 0 Å². The van der Waals surface area contributed by atoms with E-state index in [1.807, 2.05) is 0 Å². The average Bonchev–Trinajstić information content (AvgIpc) is 2.95. The molecular weight excluding hydrogens is 304 g/mol. The summed E-state index contributed by atoms with van der Waals surface area (Å²) in [6.07, 6.45) is 5.33. The predicted molar refractivity (Wildman–Crippen MR) is 86.6 cm³/mol. The van der Waals surface area contributed by atoms with Crippen LogP contribution in [0.4, 0.5) is 0 Å². The second kappa shape index (κ2) is 5.66. The third kappa shape index (κ3) is 2.60. The molecular formula is C15H20N2O2S2. The van der Waals surface area contributed by atoms with Crippen molar-refractivity contribution in [3.63, 3.8) is 0 Å². The smallest absolute Gasteiger partial charge is 0.244 e. The van der Waals surface area contributed by atoms with Crippen LogP contribution in [0.2, 0.25) is 0 Å². The van der Waals surface area contributed by atoms with Crippen LogP contribution in [0.15, 0.2) is 29.2 Å². The molecule has 6 heteroatoms. The minimum Gasteiger partial charge on any atom is -0.389 e. The van der Waals surface area contributed by atoms with Gasteiger partial charge in [0.15, 0.2) is 0 Å². The second-order valence-electron chi connectivity index (χ2n) is 5.88. The number of thiocarbonyl (C=S) groups is 1. The van der Waals surface area contributed by atoms with Gasteiger partial charge in [-0.1, -0.05) is 36.8 Å². The molecule has 2 unspecified atom stereocenters. The molecule has 0 aromatic heterocycles. The Bertz CT molecular complexity index is 657. The lowest BCUT2D eigenvalue weighted by Crippen LogP contribution is -2.46. The SMILES string of the molecule is NC(=S)c1ccccc1S(=O)(=O)N1CCCC2CCCC21.